The Kier molecular flexibility index (Phi) is 4.39. The van der Waals surface area contributed by atoms with Crippen LogP contribution in [0.2, 0.25) is 0 Å². The van der Waals surface area contributed by atoms with Crippen LogP contribution in [0.1, 0.15) is 11.7 Å². The van der Waals surface area contributed by atoms with Gasteiger partial charge in [-0.25, -0.2) is 0 Å². The second kappa shape index (κ2) is 5.58. The number of aliphatic hydroxyl groups excluding tert-OH is 2. The standard InChI is InChI=1S/C11H15O4/c1-14-10-4-3-8(7-11(10)15-2)9(13)5-6-12/h3-5,7,9,12-13H,6H2,1-2H3. The Hall–Kier alpha value is -1.26. The zero-order chi connectivity index (χ0) is 11.3. The molecule has 1 rings (SSSR count). The quantitative estimate of drug-likeness (QED) is 0.760. The molecule has 1 aromatic rings. The summed E-state index contributed by atoms with van der Waals surface area (Å²) >= 11 is 0. The Labute approximate surface area is 89.1 Å². The molecular weight excluding hydrogens is 196 g/mol. The molecule has 0 aliphatic heterocycles. The van der Waals surface area contributed by atoms with Crippen molar-refractivity contribution in [1.29, 1.82) is 0 Å². The Morgan fingerprint density at radius 3 is 2.47 bits per heavy atom. The van der Waals surface area contributed by atoms with E-state index in [0.717, 1.165) is 0 Å². The molecule has 15 heavy (non-hydrogen) atoms. The Morgan fingerprint density at radius 1 is 1.27 bits per heavy atom. The van der Waals surface area contributed by atoms with Crippen LogP contribution in [-0.4, -0.2) is 31.0 Å². The van der Waals surface area contributed by atoms with Gasteiger partial charge < -0.3 is 19.7 Å². The third-order valence-electron chi connectivity index (χ3n) is 2.08. The van der Waals surface area contributed by atoms with Gasteiger partial charge >= 0.3 is 0 Å². The van der Waals surface area contributed by atoms with Crippen LogP contribution in [-0.2, 0) is 0 Å². The fraction of sp³-hybridized carbons (Fsp3) is 0.364. The summed E-state index contributed by atoms with van der Waals surface area (Å²) in [7, 11) is 3.08. The molecule has 0 amide bonds. The molecule has 2 N–H and O–H groups in total. The first-order valence-electron chi connectivity index (χ1n) is 4.57. The van der Waals surface area contributed by atoms with Gasteiger partial charge in [0.1, 0.15) is 0 Å². The smallest absolute Gasteiger partial charge is 0.161 e. The van der Waals surface area contributed by atoms with Crippen LogP contribution >= 0.6 is 0 Å². The van der Waals surface area contributed by atoms with Crippen LogP contribution in [0.25, 0.3) is 0 Å². The lowest BCUT2D eigenvalue weighted by Crippen LogP contribution is -2.02. The van der Waals surface area contributed by atoms with Crippen molar-refractivity contribution in [3.63, 3.8) is 0 Å². The molecule has 0 aromatic heterocycles. The maximum atomic E-state index is 9.59. The summed E-state index contributed by atoms with van der Waals surface area (Å²) in [6, 6.07) is 5.11. The van der Waals surface area contributed by atoms with Gasteiger partial charge in [0.15, 0.2) is 11.5 Å². The molecule has 1 atom stereocenters. The summed E-state index contributed by atoms with van der Waals surface area (Å²) in [5.41, 5.74) is 0.654. The first-order valence-corrected chi connectivity index (χ1v) is 4.57. The zero-order valence-electron chi connectivity index (χ0n) is 8.80. The highest BCUT2D eigenvalue weighted by Gasteiger charge is 2.11. The van der Waals surface area contributed by atoms with Gasteiger partial charge in [-0.15, -0.1) is 0 Å². The lowest BCUT2D eigenvalue weighted by Gasteiger charge is -2.12. The Morgan fingerprint density at radius 2 is 1.93 bits per heavy atom. The molecule has 0 aliphatic carbocycles. The molecule has 0 bridgehead atoms. The molecule has 4 nitrogen and oxygen atoms in total. The van der Waals surface area contributed by atoms with Crippen molar-refractivity contribution in [1.82, 2.24) is 0 Å². The van der Waals surface area contributed by atoms with Gasteiger partial charge in [0.25, 0.3) is 0 Å². The van der Waals surface area contributed by atoms with E-state index in [-0.39, 0.29) is 6.61 Å². The number of benzene rings is 1. The molecule has 1 aromatic carbocycles. The summed E-state index contributed by atoms with van der Waals surface area (Å²) < 4.78 is 10.2. The maximum Gasteiger partial charge on any atom is 0.161 e. The van der Waals surface area contributed by atoms with Gasteiger partial charge in [-0.1, -0.05) is 6.07 Å². The molecule has 1 unspecified atom stereocenters. The first kappa shape index (κ1) is 11.8. The predicted octanol–water partition coefficient (Wildman–Crippen LogP) is 0.934. The average molecular weight is 211 g/mol. The lowest BCUT2D eigenvalue weighted by molar-refractivity contribution is 0.185. The van der Waals surface area contributed by atoms with Crippen LogP contribution in [0, 0.1) is 6.42 Å². The number of methoxy groups -OCH3 is 2. The fourth-order valence-corrected chi connectivity index (χ4v) is 1.27. The predicted molar refractivity (Wildman–Crippen MR) is 55.9 cm³/mol. The molecular formula is C11H15O4. The maximum absolute atomic E-state index is 9.59. The highest BCUT2D eigenvalue weighted by atomic mass is 16.5. The van der Waals surface area contributed by atoms with Crippen LogP contribution in [0.3, 0.4) is 0 Å². The summed E-state index contributed by atoms with van der Waals surface area (Å²) in [5, 5.41) is 18.2. The van der Waals surface area contributed by atoms with Gasteiger partial charge in [-0.05, 0) is 17.7 Å². The summed E-state index contributed by atoms with van der Waals surface area (Å²) in [6.45, 7) is -0.171. The van der Waals surface area contributed by atoms with Gasteiger partial charge in [-0.3, -0.25) is 0 Å². The van der Waals surface area contributed by atoms with Crippen molar-refractivity contribution in [2.75, 3.05) is 20.8 Å². The minimum absolute atomic E-state index is 0.171. The minimum atomic E-state index is -0.796. The van der Waals surface area contributed by atoms with Crippen molar-refractivity contribution >= 4 is 0 Å². The molecule has 0 saturated heterocycles. The molecule has 4 heteroatoms. The molecule has 0 spiro atoms. The van der Waals surface area contributed by atoms with E-state index in [2.05, 4.69) is 0 Å². The van der Waals surface area contributed by atoms with Crippen molar-refractivity contribution < 1.29 is 19.7 Å². The van der Waals surface area contributed by atoms with Crippen LogP contribution in [0.15, 0.2) is 18.2 Å². The number of aliphatic hydroxyl groups is 2. The monoisotopic (exact) mass is 211 g/mol. The lowest BCUT2D eigenvalue weighted by atomic mass is 10.1. The third kappa shape index (κ3) is 2.84. The van der Waals surface area contributed by atoms with Crippen LogP contribution in [0.5, 0.6) is 11.5 Å². The summed E-state index contributed by atoms with van der Waals surface area (Å²) in [6.07, 6.45) is 0.594. The molecule has 0 aliphatic rings. The van der Waals surface area contributed by atoms with E-state index >= 15 is 0 Å². The van der Waals surface area contributed by atoms with E-state index in [0.29, 0.717) is 17.1 Å². The van der Waals surface area contributed by atoms with Gasteiger partial charge in [-0.2, -0.15) is 0 Å². The van der Waals surface area contributed by atoms with Crippen molar-refractivity contribution in [2.24, 2.45) is 0 Å². The van der Waals surface area contributed by atoms with Crippen molar-refractivity contribution in [3.05, 3.63) is 30.2 Å². The van der Waals surface area contributed by atoms with Crippen molar-refractivity contribution in [2.45, 2.75) is 6.10 Å². The molecule has 83 valence electrons. The Balaban J connectivity index is 2.92. The topological polar surface area (TPSA) is 58.9 Å². The van der Waals surface area contributed by atoms with E-state index in [9.17, 15) is 5.11 Å². The summed E-state index contributed by atoms with van der Waals surface area (Å²) in [4.78, 5) is 0. The summed E-state index contributed by atoms with van der Waals surface area (Å²) in [5.74, 6) is 1.16. The minimum Gasteiger partial charge on any atom is -0.493 e. The Bertz CT molecular complexity index is 311. The van der Waals surface area contributed by atoms with Gasteiger partial charge in [0.2, 0.25) is 0 Å². The normalized spacial score (nSPS) is 12.3. The van der Waals surface area contributed by atoms with E-state index in [1.807, 2.05) is 0 Å². The second-order valence-corrected chi connectivity index (χ2v) is 2.98. The van der Waals surface area contributed by atoms with E-state index in [4.69, 9.17) is 14.6 Å². The number of hydrogen-bond donors (Lipinski definition) is 2. The highest BCUT2D eigenvalue weighted by molar-refractivity contribution is 5.43. The molecule has 0 fully saturated rings. The van der Waals surface area contributed by atoms with Gasteiger partial charge in [0, 0.05) is 13.0 Å². The van der Waals surface area contributed by atoms with E-state index in [1.54, 1.807) is 25.3 Å². The zero-order valence-corrected chi connectivity index (χ0v) is 8.80. The van der Waals surface area contributed by atoms with E-state index < -0.39 is 6.10 Å². The molecule has 0 heterocycles. The van der Waals surface area contributed by atoms with Gasteiger partial charge in [0.05, 0.1) is 20.3 Å². The van der Waals surface area contributed by atoms with E-state index in [1.165, 1.54) is 13.5 Å². The SMILES string of the molecule is COc1ccc(C(O)[CH]CO)cc1OC. The average Bonchev–Trinajstić information content (AvgIpc) is 2.28. The molecule has 1 radical (unpaired) electrons. The largest absolute Gasteiger partial charge is 0.493 e. The highest BCUT2D eigenvalue weighted by Crippen LogP contribution is 2.30. The number of rotatable bonds is 5. The fourth-order valence-electron chi connectivity index (χ4n) is 1.27. The third-order valence-corrected chi connectivity index (χ3v) is 2.08. The van der Waals surface area contributed by atoms with Crippen molar-refractivity contribution in [3.8, 4) is 11.5 Å². The molecule has 0 saturated carbocycles. The first-order chi connectivity index (χ1) is 7.22. The van der Waals surface area contributed by atoms with Crippen LogP contribution < -0.4 is 9.47 Å². The number of hydrogen-bond acceptors (Lipinski definition) is 4. The number of ether oxygens (including phenoxy) is 2. The second-order valence-electron chi connectivity index (χ2n) is 2.98. The van der Waals surface area contributed by atoms with Crippen LogP contribution in [0.4, 0.5) is 0 Å².